The molecule has 1 fully saturated rings. The van der Waals surface area contributed by atoms with Crippen LogP contribution in [0.5, 0.6) is 0 Å². The third kappa shape index (κ3) is 2.03. The van der Waals surface area contributed by atoms with Gasteiger partial charge in [0.25, 0.3) is 0 Å². The Morgan fingerprint density at radius 2 is 2.21 bits per heavy atom. The number of ether oxygens (including phenoxy) is 1. The maximum Gasteiger partial charge on any atom is 0.146 e. The van der Waals surface area contributed by atoms with Gasteiger partial charge in [0.2, 0.25) is 0 Å². The standard InChI is InChI=1S/C8H15N5O/c1-2-3-12-9-8-13(10-12)11-4-6-14-7-5-11/h2-3,8,10H,4-7H2,1H3. The highest BCUT2D eigenvalue weighted by atomic mass is 16.5. The van der Waals surface area contributed by atoms with Crippen LogP contribution in [0.2, 0.25) is 0 Å². The van der Waals surface area contributed by atoms with E-state index in [1.165, 1.54) is 0 Å². The first-order valence-electron chi connectivity index (χ1n) is 4.74. The molecular weight excluding hydrogens is 182 g/mol. The summed E-state index contributed by atoms with van der Waals surface area (Å²) >= 11 is 0. The Balaban J connectivity index is 1.85. The summed E-state index contributed by atoms with van der Waals surface area (Å²) in [4.78, 5) is 0. The third-order valence-electron chi connectivity index (χ3n) is 2.07. The van der Waals surface area contributed by atoms with Crippen LogP contribution in [0.1, 0.15) is 6.92 Å². The molecule has 0 spiro atoms. The molecule has 0 unspecified atom stereocenters. The molecule has 0 aromatic rings. The molecule has 1 N–H and O–H groups in total. The van der Waals surface area contributed by atoms with Crippen molar-refractivity contribution in [2.75, 3.05) is 26.3 Å². The molecule has 6 heteroatoms. The van der Waals surface area contributed by atoms with E-state index in [0.29, 0.717) is 0 Å². The van der Waals surface area contributed by atoms with Crippen molar-refractivity contribution in [3.63, 3.8) is 0 Å². The second kappa shape index (κ2) is 4.41. The van der Waals surface area contributed by atoms with E-state index >= 15 is 0 Å². The van der Waals surface area contributed by atoms with Crippen molar-refractivity contribution < 1.29 is 4.74 Å². The zero-order valence-corrected chi connectivity index (χ0v) is 8.26. The minimum atomic E-state index is 0.773. The van der Waals surface area contributed by atoms with Gasteiger partial charge in [0.1, 0.15) is 6.34 Å². The van der Waals surface area contributed by atoms with Gasteiger partial charge < -0.3 is 4.74 Å². The average Bonchev–Trinajstić information content (AvgIpc) is 2.68. The fourth-order valence-corrected chi connectivity index (χ4v) is 1.38. The second-order valence-electron chi connectivity index (χ2n) is 3.07. The molecule has 1 saturated heterocycles. The summed E-state index contributed by atoms with van der Waals surface area (Å²) in [6, 6.07) is 0. The van der Waals surface area contributed by atoms with E-state index in [1.54, 1.807) is 11.5 Å². The van der Waals surface area contributed by atoms with Gasteiger partial charge in [-0.15, -0.1) is 10.6 Å². The zero-order chi connectivity index (χ0) is 9.80. The number of hydrazine groups is 3. The lowest BCUT2D eigenvalue weighted by Crippen LogP contribution is -2.53. The molecule has 78 valence electrons. The molecular formula is C8H15N5O. The van der Waals surface area contributed by atoms with Crippen LogP contribution < -0.4 is 5.53 Å². The number of hydrogen-bond donors (Lipinski definition) is 1. The maximum absolute atomic E-state index is 5.27. The zero-order valence-electron chi connectivity index (χ0n) is 8.26. The monoisotopic (exact) mass is 197 g/mol. The number of morpholine rings is 1. The van der Waals surface area contributed by atoms with Gasteiger partial charge in [0.15, 0.2) is 0 Å². The average molecular weight is 197 g/mol. The Morgan fingerprint density at radius 3 is 2.93 bits per heavy atom. The Hall–Kier alpha value is -1.11. The van der Waals surface area contributed by atoms with Crippen molar-refractivity contribution in [3.8, 4) is 0 Å². The molecule has 0 radical (unpaired) electrons. The molecule has 2 aliphatic heterocycles. The Labute approximate surface area is 83.3 Å². The van der Waals surface area contributed by atoms with Crippen LogP contribution in [0.4, 0.5) is 0 Å². The van der Waals surface area contributed by atoms with Crippen LogP contribution >= 0.6 is 0 Å². The number of rotatable bonds is 2. The van der Waals surface area contributed by atoms with E-state index in [-0.39, 0.29) is 0 Å². The van der Waals surface area contributed by atoms with Crippen LogP contribution in [-0.2, 0) is 4.74 Å². The SMILES string of the molecule is CC=CN1N=CN(N2CCOCC2)N1. The fourth-order valence-electron chi connectivity index (χ4n) is 1.38. The largest absolute Gasteiger partial charge is 0.379 e. The second-order valence-corrected chi connectivity index (χ2v) is 3.07. The summed E-state index contributed by atoms with van der Waals surface area (Å²) < 4.78 is 5.27. The number of nitrogens with one attached hydrogen (secondary N) is 1. The van der Waals surface area contributed by atoms with E-state index in [2.05, 4.69) is 15.6 Å². The summed E-state index contributed by atoms with van der Waals surface area (Å²) in [6.07, 6.45) is 5.54. The van der Waals surface area contributed by atoms with E-state index in [1.807, 2.05) is 24.3 Å². The number of allylic oxidation sites excluding steroid dienone is 1. The molecule has 2 heterocycles. The molecule has 0 aromatic heterocycles. The van der Waals surface area contributed by atoms with Gasteiger partial charge in [-0.2, -0.15) is 10.1 Å². The predicted molar refractivity (Wildman–Crippen MR) is 52.5 cm³/mol. The Kier molecular flexibility index (Phi) is 2.97. The highest BCUT2D eigenvalue weighted by Gasteiger charge is 2.20. The van der Waals surface area contributed by atoms with Gasteiger partial charge >= 0.3 is 0 Å². The van der Waals surface area contributed by atoms with Crippen LogP contribution in [0.15, 0.2) is 17.4 Å². The van der Waals surface area contributed by atoms with Gasteiger partial charge in [-0.05, 0) is 6.92 Å². The molecule has 6 nitrogen and oxygen atoms in total. The molecule has 0 aliphatic carbocycles. The molecule has 2 aliphatic rings. The minimum absolute atomic E-state index is 0.773. The molecule has 0 bridgehead atoms. The summed E-state index contributed by atoms with van der Waals surface area (Å²) in [5.41, 5.74) is 3.09. The Bertz CT molecular complexity index is 236. The Morgan fingerprint density at radius 1 is 1.43 bits per heavy atom. The lowest BCUT2D eigenvalue weighted by molar-refractivity contribution is -0.0894. The lowest BCUT2D eigenvalue weighted by Gasteiger charge is -2.33. The van der Waals surface area contributed by atoms with E-state index in [9.17, 15) is 0 Å². The maximum atomic E-state index is 5.27. The van der Waals surface area contributed by atoms with Crippen LogP contribution in [-0.4, -0.2) is 47.9 Å². The minimum Gasteiger partial charge on any atom is -0.379 e. The summed E-state index contributed by atoms with van der Waals surface area (Å²) in [6.45, 7) is 5.28. The third-order valence-corrected chi connectivity index (χ3v) is 2.07. The predicted octanol–water partition coefficient (Wildman–Crippen LogP) is -0.252. The van der Waals surface area contributed by atoms with Crippen molar-refractivity contribution in [2.24, 2.45) is 5.10 Å². The van der Waals surface area contributed by atoms with Crippen molar-refractivity contribution in [2.45, 2.75) is 6.92 Å². The van der Waals surface area contributed by atoms with Gasteiger partial charge in [0, 0.05) is 19.3 Å². The first kappa shape index (κ1) is 9.45. The molecule has 2 rings (SSSR count). The van der Waals surface area contributed by atoms with Crippen LogP contribution in [0, 0.1) is 0 Å². The number of hydrazone groups is 1. The van der Waals surface area contributed by atoms with E-state index < -0.39 is 0 Å². The molecule has 14 heavy (non-hydrogen) atoms. The summed E-state index contributed by atoms with van der Waals surface area (Å²) in [5, 5.41) is 9.82. The normalized spacial score (nSPS) is 24.1. The highest BCUT2D eigenvalue weighted by Crippen LogP contribution is 2.03. The molecule has 0 amide bonds. The highest BCUT2D eigenvalue weighted by molar-refractivity contribution is 5.54. The quantitative estimate of drug-likeness (QED) is 0.661. The first-order valence-corrected chi connectivity index (χ1v) is 4.74. The van der Waals surface area contributed by atoms with E-state index in [0.717, 1.165) is 26.3 Å². The van der Waals surface area contributed by atoms with Crippen molar-refractivity contribution in [3.05, 3.63) is 12.3 Å². The molecule has 0 saturated carbocycles. The fraction of sp³-hybridized carbons (Fsp3) is 0.625. The van der Waals surface area contributed by atoms with E-state index in [4.69, 9.17) is 4.74 Å². The number of nitrogens with zero attached hydrogens (tertiary/aromatic N) is 4. The lowest BCUT2D eigenvalue weighted by atomic mass is 10.5. The summed E-state index contributed by atoms with van der Waals surface area (Å²) in [5.74, 6) is 0. The number of hydrogen-bond acceptors (Lipinski definition) is 6. The summed E-state index contributed by atoms with van der Waals surface area (Å²) in [7, 11) is 0. The van der Waals surface area contributed by atoms with Crippen molar-refractivity contribution in [1.82, 2.24) is 20.8 Å². The smallest absolute Gasteiger partial charge is 0.146 e. The van der Waals surface area contributed by atoms with Crippen molar-refractivity contribution >= 4 is 6.34 Å². The van der Waals surface area contributed by atoms with Crippen LogP contribution in [0.3, 0.4) is 0 Å². The molecule has 0 aromatic carbocycles. The first-order chi connectivity index (χ1) is 6.90. The van der Waals surface area contributed by atoms with Crippen LogP contribution in [0.25, 0.3) is 0 Å². The van der Waals surface area contributed by atoms with Gasteiger partial charge in [-0.25, -0.2) is 5.12 Å². The van der Waals surface area contributed by atoms with Gasteiger partial charge in [-0.3, -0.25) is 0 Å². The topological polar surface area (TPSA) is 43.3 Å². The van der Waals surface area contributed by atoms with Gasteiger partial charge in [-0.1, -0.05) is 6.08 Å². The van der Waals surface area contributed by atoms with Gasteiger partial charge in [0.05, 0.1) is 13.2 Å². The van der Waals surface area contributed by atoms with Crippen molar-refractivity contribution in [1.29, 1.82) is 0 Å². The molecule has 0 atom stereocenters.